The molecule has 2 N–H and O–H groups in total. The molecule has 0 radical (unpaired) electrons. The van der Waals surface area contributed by atoms with Crippen molar-refractivity contribution in [2.24, 2.45) is 0 Å². The minimum atomic E-state index is 0.125. The van der Waals surface area contributed by atoms with Gasteiger partial charge in [-0.1, -0.05) is 39.8 Å². The highest BCUT2D eigenvalue weighted by Crippen LogP contribution is 2.20. The van der Waals surface area contributed by atoms with Gasteiger partial charge in [0.05, 0.1) is 6.61 Å². The molecule has 0 saturated carbocycles. The second kappa shape index (κ2) is 9.51. The summed E-state index contributed by atoms with van der Waals surface area (Å²) in [6.45, 7) is 10.5. The van der Waals surface area contributed by atoms with Gasteiger partial charge in [-0.05, 0) is 42.5 Å². The Bertz CT molecular complexity index is 285. The van der Waals surface area contributed by atoms with E-state index in [0.717, 1.165) is 0 Å². The fourth-order valence-electron chi connectivity index (χ4n) is 1.13. The van der Waals surface area contributed by atoms with Crippen LogP contribution in [0, 0.1) is 0 Å². The lowest BCUT2D eigenvalue weighted by atomic mass is 10.0. The molecule has 0 amide bonds. The maximum atomic E-state index is 8.85. The average Bonchev–Trinajstić information content (AvgIpc) is 2.38. The Kier molecular flexibility index (Phi) is 9.23. The second-order valence-corrected chi connectivity index (χ2v) is 4.94. The van der Waals surface area contributed by atoms with Gasteiger partial charge in [0.2, 0.25) is 0 Å². The molecule has 0 aliphatic heterocycles. The first-order chi connectivity index (χ1) is 8.13. The first kappa shape index (κ1) is 16.5. The molecule has 0 aromatic heterocycles. The van der Waals surface area contributed by atoms with Crippen molar-refractivity contribution < 1.29 is 5.11 Å². The highest BCUT2D eigenvalue weighted by atomic mass is 32.2. The van der Waals surface area contributed by atoms with Crippen molar-refractivity contribution in [3.05, 3.63) is 29.8 Å². The van der Waals surface area contributed by atoms with Crippen LogP contribution in [-0.4, -0.2) is 17.8 Å². The molecule has 0 spiro atoms. The van der Waals surface area contributed by atoms with E-state index in [2.05, 4.69) is 42.8 Å². The summed E-state index contributed by atoms with van der Waals surface area (Å²) in [6, 6.07) is 8.64. The number of nitrogens with one attached hydrogen (secondary N) is 1. The molecule has 98 valence electrons. The molecule has 0 aliphatic carbocycles. The third-order valence-corrected chi connectivity index (χ3v) is 3.23. The van der Waals surface area contributed by atoms with E-state index in [-0.39, 0.29) is 12.6 Å². The van der Waals surface area contributed by atoms with Crippen LogP contribution in [0.15, 0.2) is 29.2 Å². The predicted molar refractivity (Wildman–Crippen MR) is 77.4 cm³/mol. The van der Waals surface area contributed by atoms with E-state index in [1.165, 1.54) is 10.5 Å². The molecular weight excluding hydrogens is 230 g/mol. The van der Waals surface area contributed by atoms with Crippen molar-refractivity contribution >= 4 is 11.9 Å². The number of aliphatic hydroxyl groups is 1. The summed E-state index contributed by atoms with van der Waals surface area (Å²) in [5, 5.41) is 8.85. The standard InChI is InChI=1S/C12H19NOS.C2H6/c1-9(2)11-4-6-12(7-5-11)15-13-10(3)8-14;1-2/h4-7,9-10,13-14H,8H2,1-3H3;1-2H3. The van der Waals surface area contributed by atoms with Gasteiger partial charge < -0.3 is 5.11 Å². The van der Waals surface area contributed by atoms with Crippen molar-refractivity contribution in [2.45, 2.75) is 51.5 Å². The molecule has 1 aromatic carbocycles. The lowest BCUT2D eigenvalue weighted by molar-refractivity contribution is 0.267. The molecule has 0 aliphatic rings. The molecule has 1 aromatic rings. The van der Waals surface area contributed by atoms with Crippen LogP contribution in [0.25, 0.3) is 0 Å². The molecule has 3 heteroatoms. The molecule has 0 bridgehead atoms. The average molecular weight is 255 g/mol. The largest absolute Gasteiger partial charge is 0.395 e. The maximum Gasteiger partial charge on any atom is 0.0590 e. The topological polar surface area (TPSA) is 32.3 Å². The Hall–Kier alpha value is -0.510. The summed E-state index contributed by atoms with van der Waals surface area (Å²) in [4.78, 5) is 1.18. The number of benzene rings is 1. The molecule has 0 fully saturated rings. The van der Waals surface area contributed by atoms with Crippen LogP contribution in [-0.2, 0) is 0 Å². The zero-order valence-corrected chi connectivity index (χ0v) is 12.3. The van der Waals surface area contributed by atoms with E-state index in [0.29, 0.717) is 5.92 Å². The Morgan fingerprint density at radius 1 is 1.12 bits per heavy atom. The first-order valence-corrected chi connectivity index (χ1v) is 7.08. The third kappa shape index (κ3) is 6.71. The summed E-state index contributed by atoms with van der Waals surface area (Å²) in [7, 11) is 0. The van der Waals surface area contributed by atoms with Crippen molar-refractivity contribution in [1.82, 2.24) is 4.72 Å². The second-order valence-electron chi connectivity index (χ2n) is 4.03. The molecule has 1 unspecified atom stereocenters. The fourth-order valence-corrected chi connectivity index (χ4v) is 1.81. The minimum absolute atomic E-state index is 0.125. The van der Waals surface area contributed by atoms with Crippen molar-refractivity contribution in [3.63, 3.8) is 0 Å². The highest BCUT2D eigenvalue weighted by Gasteiger charge is 2.01. The molecule has 17 heavy (non-hydrogen) atoms. The predicted octanol–water partition coefficient (Wildman–Crippen LogP) is 3.81. The lowest BCUT2D eigenvalue weighted by Crippen LogP contribution is -2.22. The molecule has 1 atom stereocenters. The number of rotatable bonds is 5. The Morgan fingerprint density at radius 3 is 2.06 bits per heavy atom. The van der Waals surface area contributed by atoms with Gasteiger partial charge in [-0.15, -0.1) is 0 Å². The van der Waals surface area contributed by atoms with Crippen LogP contribution >= 0.6 is 11.9 Å². The first-order valence-electron chi connectivity index (χ1n) is 6.26. The van der Waals surface area contributed by atoms with E-state index in [1.54, 1.807) is 11.9 Å². The van der Waals surface area contributed by atoms with Gasteiger partial charge in [0.25, 0.3) is 0 Å². The third-order valence-electron chi connectivity index (χ3n) is 2.20. The summed E-state index contributed by atoms with van der Waals surface area (Å²) >= 11 is 1.56. The quantitative estimate of drug-likeness (QED) is 0.785. The van der Waals surface area contributed by atoms with Gasteiger partial charge in [-0.2, -0.15) is 0 Å². The normalized spacial score (nSPS) is 11.9. The van der Waals surface area contributed by atoms with Crippen LogP contribution in [0.2, 0.25) is 0 Å². The summed E-state index contributed by atoms with van der Waals surface area (Å²) in [6.07, 6.45) is 0. The molecular formula is C14H25NOS. The Morgan fingerprint density at radius 2 is 1.65 bits per heavy atom. The van der Waals surface area contributed by atoms with Crippen LogP contribution < -0.4 is 4.72 Å². The van der Waals surface area contributed by atoms with Gasteiger partial charge in [0.1, 0.15) is 0 Å². The van der Waals surface area contributed by atoms with E-state index >= 15 is 0 Å². The molecule has 1 rings (SSSR count). The zero-order chi connectivity index (χ0) is 13.3. The van der Waals surface area contributed by atoms with Gasteiger partial charge in [-0.25, -0.2) is 0 Å². The van der Waals surface area contributed by atoms with Gasteiger partial charge in [0, 0.05) is 10.9 Å². The van der Waals surface area contributed by atoms with Crippen LogP contribution in [0.1, 0.15) is 46.1 Å². The van der Waals surface area contributed by atoms with E-state index < -0.39 is 0 Å². The van der Waals surface area contributed by atoms with E-state index in [1.807, 2.05) is 20.8 Å². The fraction of sp³-hybridized carbons (Fsp3) is 0.571. The maximum absolute atomic E-state index is 8.85. The van der Waals surface area contributed by atoms with Gasteiger partial charge >= 0.3 is 0 Å². The summed E-state index contributed by atoms with van der Waals surface area (Å²) in [5.74, 6) is 0.577. The van der Waals surface area contributed by atoms with Crippen molar-refractivity contribution in [2.75, 3.05) is 6.61 Å². The lowest BCUT2D eigenvalue weighted by Gasteiger charge is -2.10. The van der Waals surface area contributed by atoms with Crippen LogP contribution in [0.3, 0.4) is 0 Å². The Labute approximate surface area is 110 Å². The zero-order valence-electron chi connectivity index (χ0n) is 11.5. The minimum Gasteiger partial charge on any atom is -0.395 e. The van der Waals surface area contributed by atoms with Crippen LogP contribution in [0.4, 0.5) is 0 Å². The SMILES string of the molecule is CC.CC(CO)NSc1ccc(C(C)C)cc1. The molecule has 0 saturated heterocycles. The van der Waals surface area contributed by atoms with E-state index in [9.17, 15) is 0 Å². The number of hydrogen-bond donors (Lipinski definition) is 2. The number of hydrogen-bond acceptors (Lipinski definition) is 3. The van der Waals surface area contributed by atoms with E-state index in [4.69, 9.17) is 5.11 Å². The summed E-state index contributed by atoms with van der Waals surface area (Å²) < 4.78 is 3.16. The van der Waals surface area contributed by atoms with Crippen molar-refractivity contribution in [1.29, 1.82) is 0 Å². The smallest absolute Gasteiger partial charge is 0.0590 e. The molecule has 2 nitrogen and oxygen atoms in total. The van der Waals surface area contributed by atoms with Crippen molar-refractivity contribution in [3.8, 4) is 0 Å². The van der Waals surface area contributed by atoms with Gasteiger partial charge in [0.15, 0.2) is 0 Å². The molecule has 0 heterocycles. The number of aliphatic hydroxyl groups excluding tert-OH is 1. The summed E-state index contributed by atoms with van der Waals surface area (Å²) in [5.41, 5.74) is 1.36. The Balaban J connectivity index is 0.00000121. The van der Waals surface area contributed by atoms with Crippen LogP contribution in [0.5, 0.6) is 0 Å². The highest BCUT2D eigenvalue weighted by molar-refractivity contribution is 7.97. The van der Waals surface area contributed by atoms with Gasteiger partial charge in [-0.3, -0.25) is 4.72 Å². The monoisotopic (exact) mass is 255 g/mol.